The molecule has 2 rings (SSSR count). The minimum absolute atomic E-state index is 0.00423. The lowest BCUT2D eigenvalue weighted by Crippen LogP contribution is -2.39. The quantitative estimate of drug-likeness (QED) is 0.624. The first kappa shape index (κ1) is 14.3. The Labute approximate surface area is 118 Å². The van der Waals surface area contributed by atoms with Gasteiger partial charge >= 0.3 is 0 Å². The summed E-state index contributed by atoms with van der Waals surface area (Å²) in [5.41, 5.74) is 1.28. The van der Waals surface area contributed by atoms with E-state index in [4.69, 9.17) is 11.6 Å². The Hall–Kier alpha value is -1.13. The number of halogens is 1. The third kappa shape index (κ3) is 3.67. The van der Waals surface area contributed by atoms with Gasteiger partial charge in [-0.1, -0.05) is 31.5 Å². The first-order valence-corrected chi connectivity index (χ1v) is 6.90. The van der Waals surface area contributed by atoms with Gasteiger partial charge in [0.2, 0.25) is 0 Å². The van der Waals surface area contributed by atoms with Crippen LogP contribution in [0, 0.1) is 15.5 Å². The van der Waals surface area contributed by atoms with Crippen molar-refractivity contribution in [3.63, 3.8) is 0 Å². The summed E-state index contributed by atoms with van der Waals surface area (Å²) in [5.74, 6) is 0. The molecule has 19 heavy (non-hydrogen) atoms. The molecule has 0 unspecified atom stereocenters. The van der Waals surface area contributed by atoms with E-state index in [2.05, 4.69) is 18.7 Å². The molecule has 1 fully saturated rings. The van der Waals surface area contributed by atoms with E-state index >= 15 is 0 Å². The zero-order valence-electron chi connectivity index (χ0n) is 11.4. The molecule has 104 valence electrons. The van der Waals surface area contributed by atoms with Crippen molar-refractivity contribution >= 4 is 17.3 Å². The van der Waals surface area contributed by atoms with Crippen LogP contribution in [0.5, 0.6) is 0 Å². The molecule has 0 amide bonds. The van der Waals surface area contributed by atoms with E-state index in [9.17, 15) is 10.1 Å². The van der Waals surface area contributed by atoms with Gasteiger partial charge in [-0.15, -0.1) is 0 Å². The first-order chi connectivity index (χ1) is 8.87. The molecule has 4 nitrogen and oxygen atoms in total. The van der Waals surface area contributed by atoms with Crippen LogP contribution in [0.3, 0.4) is 0 Å². The van der Waals surface area contributed by atoms with E-state index < -0.39 is 4.92 Å². The minimum atomic E-state index is -0.425. The lowest BCUT2D eigenvalue weighted by molar-refractivity contribution is -0.384. The molecule has 1 heterocycles. The van der Waals surface area contributed by atoms with Crippen LogP contribution in [0.4, 0.5) is 5.69 Å². The van der Waals surface area contributed by atoms with Crippen LogP contribution in [0.25, 0.3) is 0 Å². The standard InChI is InChI=1S/C14H19ClN2O2/c1-14(2)6-3-7-16(10-14)9-11-4-5-12(15)13(8-11)17(18)19/h4-5,8H,3,6-7,9-10H2,1-2H3. The smallest absolute Gasteiger partial charge is 0.288 e. The molecular formula is C14H19ClN2O2. The number of hydrogen-bond acceptors (Lipinski definition) is 3. The fourth-order valence-electron chi connectivity index (χ4n) is 2.73. The average Bonchev–Trinajstić information content (AvgIpc) is 2.30. The van der Waals surface area contributed by atoms with Gasteiger partial charge < -0.3 is 0 Å². The normalized spacial score (nSPS) is 19.3. The molecule has 0 spiro atoms. The highest BCUT2D eigenvalue weighted by Crippen LogP contribution is 2.30. The van der Waals surface area contributed by atoms with E-state index in [0.717, 1.165) is 25.2 Å². The van der Waals surface area contributed by atoms with Crippen molar-refractivity contribution in [2.24, 2.45) is 5.41 Å². The first-order valence-electron chi connectivity index (χ1n) is 6.53. The summed E-state index contributed by atoms with van der Waals surface area (Å²) in [6.07, 6.45) is 2.42. The van der Waals surface area contributed by atoms with E-state index in [1.807, 2.05) is 6.07 Å². The summed E-state index contributed by atoms with van der Waals surface area (Å²) < 4.78 is 0. The third-order valence-electron chi connectivity index (χ3n) is 3.59. The molecular weight excluding hydrogens is 264 g/mol. The molecule has 1 saturated heterocycles. The number of rotatable bonds is 3. The number of nitrogens with zero attached hydrogens (tertiary/aromatic N) is 2. The van der Waals surface area contributed by atoms with Crippen LogP contribution in [0.15, 0.2) is 18.2 Å². The number of hydrogen-bond donors (Lipinski definition) is 0. The molecule has 0 radical (unpaired) electrons. The van der Waals surface area contributed by atoms with Crippen LogP contribution in [0.2, 0.25) is 5.02 Å². The highest BCUT2D eigenvalue weighted by Gasteiger charge is 2.26. The molecule has 0 N–H and O–H groups in total. The van der Waals surface area contributed by atoms with Crippen LogP contribution in [0.1, 0.15) is 32.3 Å². The average molecular weight is 283 g/mol. The molecule has 0 saturated carbocycles. The van der Waals surface area contributed by atoms with Gasteiger partial charge in [0.15, 0.2) is 0 Å². The molecule has 1 aromatic rings. The van der Waals surface area contributed by atoms with E-state index in [-0.39, 0.29) is 10.7 Å². The van der Waals surface area contributed by atoms with Crippen molar-refractivity contribution in [2.75, 3.05) is 13.1 Å². The Morgan fingerprint density at radius 3 is 2.84 bits per heavy atom. The molecule has 1 aliphatic rings. The van der Waals surface area contributed by atoms with Gasteiger partial charge in [0.25, 0.3) is 5.69 Å². The Balaban J connectivity index is 2.11. The summed E-state index contributed by atoms with van der Waals surface area (Å²) in [6, 6.07) is 5.07. The molecule has 0 aromatic heterocycles. The number of nitro groups is 1. The van der Waals surface area contributed by atoms with Crippen LogP contribution in [-0.4, -0.2) is 22.9 Å². The second-order valence-corrected chi connectivity index (χ2v) is 6.43. The molecule has 0 aliphatic carbocycles. The number of nitro benzene ring substituents is 1. The van der Waals surface area contributed by atoms with Crippen molar-refractivity contribution in [3.8, 4) is 0 Å². The number of likely N-dealkylation sites (tertiary alicyclic amines) is 1. The minimum Gasteiger partial charge on any atom is -0.299 e. The van der Waals surface area contributed by atoms with Gasteiger partial charge in [0, 0.05) is 19.2 Å². The van der Waals surface area contributed by atoms with Crippen molar-refractivity contribution in [3.05, 3.63) is 38.9 Å². The second-order valence-electron chi connectivity index (χ2n) is 6.02. The van der Waals surface area contributed by atoms with Crippen LogP contribution < -0.4 is 0 Å². The zero-order valence-corrected chi connectivity index (χ0v) is 12.1. The topological polar surface area (TPSA) is 46.4 Å². The summed E-state index contributed by atoms with van der Waals surface area (Å²) in [6.45, 7) is 7.37. The number of benzene rings is 1. The van der Waals surface area contributed by atoms with Gasteiger partial charge in [-0.2, -0.15) is 0 Å². The Morgan fingerprint density at radius 1 is 1.47 bits per heavy atom. The second kappa shape index (κ2) is 5.47. The highest BCUT2D eigenvalue weighted by molar-refractivity contribution is 6.32. The van der Waals surface area contributed by atoms with Gasteiger partial charge in [0.1, 0.15) is 5.02 Å². The maximum Gasteiger partial charge on any atom is 0.288 e. The van der Waals surface area contributed by atoms with E-state index in [0.29, 0.717) is 5.41 Å². The summed E-state index contributed by atoms with van der Waals surface area (Å²) in [7, 11) is 0. The lowest BCUT2D eigenvalue weighted by Gasteiger charge is -2.38. The Kier molecular flexibility index (Phi) is 4.11. The van der Waals surface area contributed by atoms with Crippen molar-refractivity contribution < 1.29 is 4.92 Å². The Morgan fingerprint density at radius 2 is 2.21 bits per heavy atom. The zero-order chi connectivity index (χ0) is 14.0. The van der Waals surface area contributed by atoms with Crippen molar-refractivity contribution in [1.82, 2.24) is 4.90 Å². The predicted molar refractivity (Wildman–Crippen MR) is 76.4 cm³/mol. The summed E-state index contributed by atoms with van der Waals surface area (Å²) in [5, 5.41) is 11.1. The highest BCUT2D eigenvalue weighted by atomic mass is 35.5. The van der Waals surface area contributed by atoms with Crippen LogP contribution in [-0.2, 0) is 6.54 Å². The molecule has 5 heteroatoms. The largest absolute Gasteiger partial charge is 0.299 e. The Bertz CT molecular complexity index is 488. The van der Waals surface area contributed by atoms with Gasteiger partial charge in [-0.3, -0.25) is 15.0 Å². The SMILES string of the molecule is CC1(C)CCCN(Cc2ccc(Cl)c([N+](=O)[O-])c2)C1. The van der Waals surface area contributed by atoms with Crippen LogP contribution >= 0.6 is 11.6 Å². The lowest BCUT2D eigenvalue weighted by atomic mass is 9.84. The molecule has 1 aliphatic heterocycles. The maximum absolute atomic E-state index is 10.9. The van der Waals surface area contributed by atoms with Crippen molar-refractivity contribution in [2.45, 2.75) is 33.2 Å². The van der Waals surface area contributed by atoms with E-state index in [1.54, 1.807) is 12.1 Å². The summed E-state index contributed by atoms with van der Waals surface area (Å²) >= 11 is 5.82. The fraction of sp³-hybridized carbons (Fsp3) is 0.571. The monoisotopic (exact) mass is 282 g/mol. The van der Waals surface area contributed by atoms with Gasteiger partial charge in [0.05, 0.1) is 4.92 Å². The molecule has 0 bridgehead atoms. The van der Waals surface area contributed by atoms with Gasteiger partial charge in [-0.05, 0) is 36.4 Å². The predicted octanol–water partition coefficient (Wildman–Crippen LogP) is 3.87. The molecule has 1 aromatic carbocycles. The van der Waals surface area contributed by atoms with Gasteiger partial charge in [-0.25, -0.2) is 0 Å². The molecule has 0 atom stereocenters. The number of piperidine rings is 1. The van der Waals surface area contributed by atoms with Crippen molar-refractivity contribution in [1.29, 1.82) is 0 Å². The summed E-state index contributed by atoms with van der Waals surface area (Å²) in [4.78, 5) is 12.8. The fourth-order valence-corrected chi connectivity index (χ4v) is 2.92. The third-order valence-corrected chi connectivity index (χ3v) is 3.91. The maximum atomic E-state index is 10.9. The van der Waals surface area contributed by atoms with E-state index in [1.165, 1.54) is 12.8 Å².